The van der Waals surface area contributed by atoms with Gasteiger partial charge in [0, 0.05) is 6.04 Å². The van der Waals surface area contributed by atoms with Crippen LogP contribution < -0.4 is 5.32 Å². The van der Waals surface area contributed by atoms with Crippen LogP contribution in [0.4, 0.5) is 0 Å². The topological polar surface area (TPSA) is 32.3 Å². The Morgan fingerprint density at radius 1 is 1.27 bits per heavy atom. The molecule has 64 valence electrons. The summed E-state index contributed by atoms with van der Waals surface area (Å²) in [4.78, 5) is 0. The van der Waals surface area contributed by atoms with E-state index in [0.29, 0.717) is 12.6 Å². The summed E-state index contributed by atoms with van der Waals surface area (Å²) < 4.78 is 0. The molecule has 1 saturated heterocycles. The smallest absolute Gasteiger partial charge is 0.0587 e. The SMILES string of the molecule is OC[C@H]1NCC2CCCCC21. The molecule has 3 atom stereocenters. The molecule has 0 spiro atoms. The zero-order valence-electron chi connectivity index (χ0n) is 6.92. The maximum Gasteiger partial charge on any atom is 0.0587 e. The van der Waals surface area contributed by atoms with E-state index < -0.39 is 0 Å². The zero-order chi connectivity index (χ0) is 7.68. The van der Waals surface area contributed by atoms with Crippen molar-refractivity contribution in [1.29, 1.82) is 0 Å². The van der Waals surface area contributed by atoms with Crippen molar-refractivity contribution in [2.75, 3.05) is 13.2 Å². The molecule has 2 N–H and O–H groups in total. The van der Waals surface area contributed by atoms with Crippen LogP contribution in [0.25, 0.3) is 0 Å². The average molecular weight is 155 g/mol. The second kappa shape index (κ2) is 3.11. The van der Waals surface area contributed by atoms with E-state index in [0.717, 1.165) is 18.4 Å². The molecule has 0 aromatic heterocycles. The highest BCUT2D eigenvalue weighted by Gasteiger charge is 2.36. The van der Waals surface area contributed by atoms with Gasteiger partial charge < -0.3 is 10.4 Å². The standard InChI is InChI=1S/C9H17NO/c11-6-9-8-4-2-1-3-7(8)5-10-9/h7-11H,1-6H2/t7?,8?,9-/m1/s1. The van der Waals surface area contributed by atoms with Crippen molar-refractivity contribution < 1.29 is 5.11 Å². The van der Waals surface area contributed by atoms with Gasteiger partial charge in [-0.05, 0) is 31.2 Å². The highest BCUT2D eigenvalue weighted by molar-refractivity contribution is 4.91. The first-order valence-corrected chi connectivity index (χ1v) is 4.76. The third kappa shape index (κ3) is 1.30. The number of hydrogen-bond donors (Lipinski definition) is 2. The van der Waals surface area contributed by atoms with E-state index in [9.17, 15) is 0 Å². The molecular formula is C9H17NO. The molecule has 2 heteroatoms. The molecule has 2 fully saturated rings. The van der Waals surface area contributed by atoms with E-state index in [1.54, 1.807) is 0 Å². The van der Waals surface area contributed by atoms with Gasteiger partial charge in [-0.3, -0.25) is 0 Å². The molecular weight excluding hydrogens is 138 g/mol. The van der Waals surface area contributed by atoms with E-state index in [2.05, 4.69) is 5.32 Å². The maximum atomic E-state index is 9.04. The number of nitrogens with one attached hydrogen (secondary N) is 1. The van der Waals surface area contributed by atoms with Crippen LogP contribution in [0.3, 0.4) is 0 Å². The van der Waals surface area contributed by atoms with Crippen LogP contribution in [0.5, 0.6) is 0 Å². The summed E-state index contributed by atoms with van der Waals surface area (Å²) in [5.74, 6) is 1.66. The molecule has 1 aliphatic carbocycles. The predicted octanol–water partition coefficient (Wildman–Crippen LogP) is 0.757. The molecule has 1 heterocycles. The highest BCUT2D eigenvalue weighted by Crippen LogP contribution is 2.35. The lowest BCUT2D eigenvalue weighted by molar-refractivity contribution is 0.189. The Labute approximate surface area is 68.0 Å². The highest BCUT2D eigenvalue weighted by atomic mass is 16.3. The summed E-state index contributed by atoms with van der Waals surface area (Å²) in [7, 11) is 0. The fraction of sp³-hybridized carbons (Fsp3) is 1.00. The summed E-state index contributed by atoms with van der Waals surface area (Å²) in [6, 6.07) is 0.417. The minimum Gasteiger partial charge on any atom is -0.395 e. The lowest BCUT2D eigenvalue weighted by Crippen LogP contribution is -2.31. The Kier molecular flexibility index (Phi) is 2.14. The monoisotopic (exact) mass is 155 g/mol. The van der Waals surface area contributed by atoms with Crippen LogP contribution in [0.2, 0.25) is 0 Å². The van der Waals surface area contributed by atoms with Crippen molar-refractivity contribution in [1.82, 2.24) is 5.32 Å². The minimum atomic E-state index is 0.334. The van der Waals surface area contributed by atoms with E-state index in [1.807, 2.05) is 0 Å². The van der Waals surface area contributed by atoms with Gasteiger partial charge >= 0.3 is 0 Å². The number of aliphatic hydroxyl groups is 1. The van der Waals surface area contributed by atoms with Crippen LogP contribution in [-0.2, 0) is 0 Å². The zero-order valence-corrected chi connectivity index (χ0v) is 6.92. The van der Waals surface area contributed by atoms with Gasteiger partial charge in [-0.1, -0.05) is 12.8 Å². The Bertz CT molecular complexity index is 132. The van der Waals surface area contributed by atoms with Crippen LogP contribution in [0.1, 0.15) is 25.7 Å². The summed E-state index contributed by atoms with van der Waals surface area (Å²) in [6.45, 7) is 1.48. The van der Waals surface area contributed by atoms with Gasteiger partial charge in [0.2, 0.25) is 0 Å². The van der Waals surface area contributed by atoms with Gasteiger partial charge in [-0.2, -0.15) is 0 Å². The normalized spacial score (nSPS) is 43.9. The van der Waals surface area contributed by atoms with Gasteiger partial charge in [0.25, 0.3) is 0 Å². The van der Waals surface area contributed by atoms with Crippen molar-refractivity contribution in [2.24, 2.45) is 11.8 Å². The van der Waals surface area contributed by atoms with Crippen LogP contribution in [0, 0.1) is 11.8 Å². The first-order valence-electron chi connectivity index (χ1n) is 4.76. The van der Waals surface area contributed by atoms with Crippen LogP contribution in [-0.4, -0.2) is 24.3 Å². The Balaban J connectivity index is 1.98. The summed E-state index contributed by atoms with van der Waals surface area (Å²) in [5.41, 5.74) is 0. The van der Waals surface area contributed by atoms with E-state index in [4.69, 9.17) is 5.11 Å². The van der Waals surface area contributed by atoms with Gasteiger partial charge in [0.05, 0.1) is 6.61 Å². The average Bonchev–Trinajstić information content (AvgIpc) is 2.47. The number of fused-ring (bicyclic) bond motifs is 1. The quantitative estimate of drug-likeness (QED) is 0.586. The Morgan fingerprint density at radius 2 is 2.09 bits per heavy atom. The molecule has 2 nitrogen and oxygen atoms in total. The molecule has 2 rings (SSSR count). The third-order valence-corrected chi connectivity index (χ3v) is 3.32. The van der Waals surface area contributed by atoms with Crippen molar-refractivity contribution in [3.8, 4) is 0 Å². The molecule has 0 aromatic carbocycles. The lowest BCUT2D eigenvalue weighted by Gasteiger charge is -2.27. The number of rotatable bonds is 1. The first kappa shape index (κ1) is 7.56. The van der Waals surface area contributed by atoms with E-state index >= 15 is 0 Å². The maximum absolute atomic E-state index is 9.04. The molecule has 0 aromatic rings. The largest absolute Gasteiger partial charge is 0.395 e. The van der Waals surface area contributed by atoms with Crippen LogP contribution in [0.15, 0.2) is 0 Å². The van der Waals surface area contributed by atoms with Gasteiger partial charge in [-0.15, -0.1) is 0 Å². The molecule has 1 aliphatic heterocycles. The third-order valence-electron chi connectivity index (χ3n) is 3.32. The molecule has 0 amide bonds. The van der Waals surface area contributed by atoms with Crippen molar-refractivity contribution in [3.05, 3.63) is 0 Å². The predicted molar refractivity (Wildman–Crippen MR) is 44.3 cm³/mol. The molecule has 0 bridgehead atoms. The van der Waals surface area contributed by atoms with E-state index in [1.165, 1.54) is 25.7 Å². The van der Waals surface area contributed by atoms with Crippen molar-refractivity contribution in [3.63, 3.8) is 0 Å². The van der Waals surface area contributed by atoms with Crippen molar-refractivity contribution >= 4 is 0 Å². The summed E-state index contributed by atoms with van der Waals surface area (Å²) in [6.07, 6.45) is 5.50. The molecule has 2 aliphatic rings. The molecule has 11 heavy (non-hydrogen) atoms. The van der Waals surface area contributed by atoms with Gasteiger partial charge in [0.15, 0.2) is 0 Å². The first-order chi connectivity index (χ1) is 5.42. The lowest BCUT2D eigenvalue weighted by atomic mass is 9.79. The summed E-state index contributed by atoms with van der Waals surface area (Å²) in [5, 5.41) is 12.4. The fourth-order valence-corrected chi connectivity index (χ4v) is 2.67. The second-order valence-corrected chi connectivity index (χ2v) is 3.91. The minimum absolute atomic E-state index is 0.334. The molecule has 2 unspecified atom stereocenters. The number of aliphatic hydroxyl groups excluding tert-OH is 1. The van der Waals surface area contributed by atoms with Crippen LogP contribution >= 0.6 is 0 Å². The fourth-order valence-electron chi connectivity index (χ4n) is 2.67. The molecule has 0 radical (unpaired) electrons. The second-order valence-electron chi connectivity index (χ2n) is 3.91. The Hall–Kier alpha value is -0.0800. The van der Waals surface area contributed by atoms with Crippen molar-refractivity contribution in [2.45, 2.75) is 31.7 Å². The summed E-state index contributed by atoms with van der Waals surface area (Å²) >= 11 is 0. The van der Waals surface area contributed by atoms with Gasteiger partial charge in [-0.25, -0.2) is 0 Å². The van der Waals surface area contributed by atoms with E-state index in [-0.39, 0.29) is 0 Å². The number of hydrogen-bond acceptors (Lipinski definition) is 2. The van der Waals surface area contributed by atoms with Gasteiger partial charge in [0.1, 0.15) is 0 Å². The molecule has 1 saturated carbocycles. The Morgan fingerprint density at radius 3 is 2.91 bits per heavy atom.